The predicted octanol–water partition coefficient (Wildman–Crippen LogP) is 1.73. The molecule has 0 aliphatic heterocycles. The van der Waals surface area contributed by atoms with Crippen LogP contribution in [0.25, 0.3) is 0 Å². The number of phenols is 1. The van der Waals surface area contributed by atoms with E-state index in [1.807, 2.05) is 0 Å². The van der Waals surface area contributed by atoms with Crippen molar-refractivity contribution in [2.75, 3.05) is 0 Å². The largest absolute Gasteiger partial charge is 0.508 e. The van der Waals surface area contributed by atoms with Gasteiger partial charge in [0.25, 0.3) is 0 Å². The minimum atomic E-state index is 0.175. The highest BCUT2D eigenvalue weighted by Crippen LogP contribution is 2.16. The molecule has 0 radical (unpaired) electrons. The fourth-order valence-corrected chi connectivity index (χ4v) is 0.723. The fourth-order valence-electron chi connectivity index (χ4n) is 0.612. The molecule has 2 nitrogen and oxygen atoms in total. The first kappa shape index (κ1) is 7.02. The van der Waals surface area contributed by atoms with E-state index in [9.17, 15) is 0 Å². The highest BCUT2D eigenvalue weighted by Gasteiger charge is 1.90. The first-order valence-electron chi connectivity index (χ1n) is 2.72. The van der Waals surface area contributed by atoms with E-state index in [0.717, 1.165) is 5.55 Å². The summed E-state index contributed by atoms with van der Waals surface area (Å²) in [5, 5.41) is 8.91. The van der Waals surface area contributed by atoms with Crippen molar-refractivity contribution in [3.63, 3.8) is 0 Å². The Morgan fingerprint density at radius 3 is 2.90 bits per heavy atom. The zero-order valence-electron chi connectivity index (χ0n) is 5.15. The van der Waals surface area contributed by atoms with Gasteiger partial charge in [0.1, 0.15) is 11.5 Å². The minimum absolute atomic E-state index is 0.175. The molecule has 0 heterocycles. The first-order valence-corrected chi connectivity index (χ1v) is 3.19. The molecule has 0 unspecified atom stereocenters. The van der Waals surface area contributed by atoms with Crippen molar-refractivity contribution in [3.8, 4) is 11.5 Å². The van der Waals surface area contributed by atoms with Crippen molar-refractivity contribution in [1.29, 1.82) is 0 Å². The summed E-state index contributed by atoms with van der Waals surface area (Å²) in [5.74, 6) is 0.726. The molecular formula is C7H6O2S. The third-order valence-corrected chi connectivity index (χ3v) is 1.10. The van der Waals surface area contributed by atoms with Crippen LogP contribution in [-0.2, 0) is 0 Å². The molecular weight excluding hydrogens is 148 g/mol. The summed E-state index contributed by atoms with van der Waals surface area (Å²) >= 11 is 4.45. The van der Waals surface area contributed by atoms with E-state index in [1.165, 1.54) is 6.07 Å². The third-order valence-electron chi connectivity index (χ3n) is 1.00. The maximum Gasteiger partial charge on any atom is 0.154 e. The van der Waals surface area contributed by atoms with E-state index in [-0.39, 0.29) is 5.75 Å². The van der Waals surface area contributed by atoms with Crippen molar-refractivity contribution in [2.45, 2.75) is 0 Å². The van der Waals surface area contributed by atoms with Crippen LogP contribution < -0.4 is 4.74 Å². The van der Waals surface area contributed by atoms with Gasteiger partial charge in [0.2, 0.25) is 0 Å². The molecule has 0 spiro atoms. The fraction of sp³-hybridized carbons (Fsp3) is 0. The Balaban J connectivity index is 2.84. The molecule has 0 bridgehead atoms. The summed E-state index contributed by atoms with van der Waals surface area (Å²) < 4.78 is 4.82. The summed E-state index contributed by atoms with van der Waals surface area (Å²) in [4.78, 5) is 0. The van der Waals surface area contributed by atoms with Gasteiger partial charge in [-0.1, -0.05) is 6.07 Å². The van der Waals surface area contributed by atoms with Gasteiger partial charge < -0.3 is 9.84 Å². The molecule has 0 aliphatic rings. The lowest BCUT2D eigenvalue weighted by molar-refractivity contribution is 0.470. The predicted molar refractivity (Wildman–Crippen MR) is 42.4 cm³/mol. The second-order valence-corrected chi connectivity index (χ2v) is 1.90. The minimum Gasteiger partial charge on any atom is -0.508 e. The van der Waals surface area contributed by atoms with Crippen molar-refractivity contribution in [3.05, 3.63) is 24.3 Å². The lowest BCUT2D eigenvalue weighted by Gasteiger charge is -1.96. The molecule has 0 saturated heterocycles. The summed E-state index contributed by atoms with van der Waals surface area (Å²) in [6.07, 6.45) is 0. The molecule has 0 atom stereocenters. The van der Waals surface area contributed by atoms with Crippen molar-refractivity contribution >= 4 is 17.8 Å². The molecule has 1 aromatic rings. The number of hydrogen-bond donors (Lipinski definition) is 1. The first-order chi connectivity index (χ1) is 4.83. The molecule has 10 heavy (non-hydrogen) atoms. The molecule has 52 valence electrons. The van der Waals surface area contributed by atoms with Crippen LogP contribution >= 0.6 is 12.2 Å². The Bertz CT molecular complexity index is 235. The Kier molecular flexibility index (Phi) is 2.23. The summed E-state index contributed by atoms with van der Waals surface area (Å²) in [5.41, 5.74) is 1.15. The topological polar surface area (TPSA) is 29.5 Å². The van der Waals surface area contributed by atoms with Crippen molar-refractivity contribution in [1.82, 2.24) is 0 Å². The van der Waals surface area contributed by atoms with Crippen molar-refractivity contribution in [2.24, 2.45) is 0 Å². The maximum absolute atomic E-state index is 8.91. The number of thiocarbonyl (C=S) groups is 1. The van der Waals surface area contributed by atoms with Gasteiger partial charge in [-0.3, -0.25) is 0 Å². The summed E-state index contributed by atoms with van der Waals surface area (Å²) in [6.45, 7) is 0. The molecule has 1 N–H and O–H groups in total. The van der Waals surface area contributed by atoms with E-state index < -0.39 is 0 Å². The number of ether oxygens (including phenoxy) is 1. The van der Waals surface area contributed by atoms with Gasteiger partial charge in [0, 0.05) is 6.07 Å². The molecule has 0 saturated carbocycles. The van der Waals surface area contributed by atoms with Gasteiger partial charge in [-0.2, -0.15) is 0 Å². The van der Waals surface area contributed by atoms with E-state index in [0.29, 0.717) is 5.75 Å². The molecule has 0 fully saturated rings. The van der Waals surface area contributed by atoms with Crippen molar-refractivity contribution < 1.29 is 9.84 Å². The van der Waals surface area contributed by atoms with E-state index in [4.69, 9.17) is 9.84 Å². The van der Waals surface area contributed by atoms with Gasteiger partial charge in [-0.25, -0.2) is 0 Å². The molecule has 0 aliphatic carbocycles. The third kappa shape index (κ3) is 1.70. The number of hydrogen-bond acceptors (Lipinski definition) is 3. The molecule has 0 amide bonds. The number of aromatic hydroxyl groups is 1. The molecule has 3 heteroatoms. The highest BCUT2D eigenvalue weighted by atomic mass is 32.1. The standard InChI is InChI=1S/C7H6O2S/c8-6-2-1-3-7(4-6)9-5-10/h1-5,8H. The second kappa shape index (κ2) is 3.17. The van der Waals surface area contributed by atoms with Gasteiger partial charge in [0.15, 0.2) is 5.55 Å². The Labute approximate surface area is 64.1 Å². The quantitative estimate of drug-likeness (QED) is 0.658. The highest BCUT2D eigenvalue weighted by molar-refractivity contribution is 7.78. The van der Waals surface area contributed by atoms with Crippen LogP contribution in [0.1, 0.15) is 0 Å². The molecule has 0 aromatic heterocycles. The van der Waals surface area contributed by atoms with Gasteiger partial charge >= 0.3 is 0 Å². The number of phenolic OH excluding ortho intramolecular Hbond substituents is 1. The normalized spacial score (nSPS) is 8.80. The lowest BCUT2D eigenvalue weighted by atomic mass is 10.3. The average Bonchev–Trinajstić information content (AvgIpc) is 1.88. The van der Waals surface area contributed by atoms with Crippen LogP contribution in [-0.4, -0.2) is 10.7 Å². The van der Waals surface area contributed by atoms with Gasteiger partial charge in [-0.05, 0) is 24.4 Å². The zero-order valence-corrected chi connectivity index (χ0v) is 5.97. The molecule has 1 rings (SSSR count). The van der Waals surface area contributed by atoms with Gasteiger partial charge in [-0.15, -0.1) is 0 Å². The monoisotopic (exact) mass is 154 g/mol. The Morgan fingerprint density at radius 2 is 2.30 bits per heavy atom. The smallest absolute Gasteiger partial charge is 0.154 e. The lowest BCUT2D eigenvalue weighted by Crippen LogP contribution is -1.84. The van der Waals surface area contributed by atoms with Crippen LogP contribution in [0.2, 0.25) is 0 Å². The van der Waals surface area contributed by atoms with Gasteiger partial charge in [0.05, 0.1) is 0 Å². The van der Waals surface area contributed by atoms with Crippen LogP contribution in [0.4, 0.5) is 0 Å². The number of benzene rings is 1. The van der Waals surface area contributed by atoms with Crippen LogP contribution in [0.5, 0.6) is 11.5 Å². The van der Waals surface area contributed by atoms with Crippen LogP contribution in [0.3, 0.4) is 0 Å². The van der Waals surface area contributed by atoms with E-state index in [2.05, 4.69) is 12.2 Å². The van der Waals surface area contributed by atoms with Crippen LogP contribution in [0, 0.1) is 0 Å². The molecule has 1 aromatic carbocycles. The number of rotatable bonds is 2. The summed E-state index contributed by atoms with van der Waals surface area (Å²) in [7, 11) is 0. The SMILES string of the molecule is Oc1cccc(OC=S)c1. The summed E-state index contributed by atoms with van der Waals surface area (Å²) in [6, 6.07) is 6.45. The zero-order chi connectivity index (χ0) is 7.40. The van der Waals surface area contributed by atoms with E-state index in [1.54, 1.807) is 18.2 Å². The Morgan fingerprint density at radius 1 is 1.50 bits per heavy atom. The Hall–Kier alpha value is -1.09. The van der Waals surface area contributed by atoms with Crippen LogP contribution in [0.15, 0.2) is 24.3 Å². The van der Waals surface area contributed by atoms with E-state index >= 15 is 0 Å². The maximum atomic E-state index is 8.91. The average molecular weight is 154 g/mol. The second-order valence-electron chi connectivity index (χ2n) is 1.71.